The Morgan fingerprint density at radius 2 is 2.00 bits per heavy atom. The van der Waals surface area contributed by atoms with Crippen LogP contribution in [-0.2, 0) is 9.59 Å². The molecule has 1 rings (SSSR count). The average molecular weight is 286 g/mol. The number of carboxylic acid groups (broad SMARTS) is 1. The molecule has 1 fully saturated rings. The van der Waals surface area contributed by atoms with Crippen molar-refractivity contribution >= 4 is 29.7 Å². The number of imide groups is 1. The summed E-state index contributed by atoms with van der Waals surface area (Å²) >= 11 is 1.79. The molecule has 1 aliphatic carbocycles. The van der Waals surface area contributed by atoms with Crippen molar-refractivity contribution < 1.29 is 19.5 Å². The number of carbonyl (C=O) groups excluding carboxylic acids is 2. The summed E-state index contributed by atoms with van der Waals surface area (Å²) in [5.41, 5.74) is 0. The number of nitrogens with one attached hydrogen (secondary N) is 2. The minimum atomic E-state index is -1.23. The maximum absolute atomic E-state index is 11.5. The normalized spacial score (nSPS) is 23.0. The molecule has 3 amide bonds. The minimum Gasteiger partial charge on any atom is -0.478 e. The first-order chi connectivity index (χ1) is 9.01. The van der Waals surface area contributed by atoms with Gasteiger partial charge in [0.05, 0.1) is 0 Å². The summed E-state index contributed by atoms with van der Waals surface area (Å²) in [6, 6.07) is -0.505. The van der Waals surface area contributed by atoms with Gasteiger partial charge in [-0.05, 0) is 25.5 Å². The molecule has 0 aromatic carbocycles. The summed E-state index contributed by atoms with van der Waals surface area (Å²) in [5.74, 6) is -1.97. The van der Waals surface area contributed by atoms with Crippen LogP contribution in [0.1, 0.15) is 25.7 Å². The van der Waals surface area contributed by atoms with E-state index in [0.29, 0.717) is 11.3 Å². The fraction of sp³-hybridized carbons (Fsp3) is 0.583. The van der Waals surface area contributed by atoms with Gasteiger partial charge in [-0.1, -0.05) is 6.42 Å². The predicted molar refractivity (Wildman–Crippen MR) is 73.0 cm³/mol. The first kappa shape index (κ1) is 15.6. The lowest BCUT2D eigenvalue weighted by atomic mass is 9.95. The zero-order valence-electron chi connectivity index (χ0n) is 10.7. The molecule has 3 N–H and O–H groups in total. The molecule has 0 aromatic rings. The summed E-state index contributed by atoms with van der Waals surface area (Å²) in [6.07, 6.45) is 7.57. The molecule has 0 bridgehead atoms. The number of thioether (sulfide) groups is 1. The second-order valence-corrected chi connectivity index (χ2v) is 5.49. The lowest BCUT2D eigenvalue weighted by Crippen LogP contribution is -2.46. The summed E-state index contributed by atoms with van der Waals surface area (Å²) in [7, 11) is 0. The number of urea groups is 1. The third-order valence-corrected chi connectivity index (χ3v) is 4.00. The number of carboxylic acids is 1. The SMILES string of the molecule is CSC1CCCC(NC(=O)NC(=O)/C=C/C(=O)O)C1. The minimum absolute atomic E-state index is 0.0717. The second-order valence-electron chi connectivity index (χ2n) is 4.36. The zero-order chi connectivity index (χ0) is 14.3. The molecular weight excluding hydrogens is 268 g/mol. The molecule has 6 nitrogen and oxygen atoms in total. The van der Waals surface area contributed by atoms with Crippen LogP contribution in [0.2, 0.25) is 0 Å². The van der Waals surface area contributed by atoms with E-state index in [0.717, 1.165) is 31.8 Å². The molecule has 0 spiro atoms. The Morgan fingerprint density at radius 1 is 1.26 bits per heavy atom. The maximum Gasteiger partial charge on any atom is 0.328 e. The molecule has 2 unspecified atom stereocenters. The van der Waals surface area contributed by atoms with Crippen LogP contribution in [0.15, 0.2) is 12.2 Å². The van der Waals surface area contributed by atoms with Crippen molar-refractivity contribution in [2.45, 2.75) is 37.0 Å². The van der Waals surface area contributed by atoms with Crippen molar-refractivity contribution in [3.8, 4) is 0 Å². The number of amides is 3. The Labute approximate surface area is 116 Å². The largest absolute Gasteiger partial charge is 0.478 e. The van der Waals surface area contributed by atoms with Crippen LogP contribution in [-0.4, -0.2) is 40.6 Å². The maximum atomic E-state index is 11.5. The monoisotopic (exact) mass is 286 g/mol. The predicted octanol–water partition coefficient (Wildman–Crippen LogP) is 1.13. The Morgan fingerprint density at radius 3 is 2.63 bits per heavy atom. The highest BCUT2D eigenvalue weighted by molar-refractivity contribution is 7.99. The van der Waals surface area contributed by atoms with E-state index in [1.54, 1.807) is 11.8 Å². The Hall–Kier alpha value is -1.50. The fourth-order valence-corrected chi connectivity index (χ4v) is 2.84. The number of hydrogen-bond donors (Lipinski definition) is 3. The van der Waals surface area contributed by atoms with Gasteiger partial charge in [0, 0.05) is 23.4 Å². The standard InChI is InChI=1S/C12H18N2O4S/c1-19-9-4-2-3-8(7-9)13-12(18)14-10(15)5-6-11(16)17/h5-6,8-9H,2-4,7H2,1H3,(H,16,17)(H2,13,14,15,18)/b6-5+. The number of hydrogen-bond acceptors (Lipinski definition) is 4. The average Bonchev–Trinajstić information content (AvgIpc) is 2.36. The highest BCUT2D eigenvalue weighted by Crippen LogP contribution is 2.26. The quantitative estimate of drug-likeness (QED) is 0.673. The van der Waals surface area contributed by atoms with Crippen molar-refractivity contribution in [2.24, 2.45) is 0 Å². The van der Waals surface area contributed by atoms with Crippen LogP contribution in [0.3, 0.4) is 0 Å². The molecule has 1 aliphatic rings. The topological polar surface area (TPSA) is 95.5 Å². The van der Waals surface area contributed by atoms with Crippen LogP contribution in [0, 0.1) is 0 Å². The van der Waals surface area contributed by atoms with Gasteiger partial charge in [0.2, 0.25) is 0 Å². The highest BCUT2D eigenvalue weighted by Gasteiger charge is 2.22. The molecule has 2 atom stereocenters. The molecule has 106 valence electrons. The summed E-state index contributed by atoms with van der Waals surface area (Å²) in [5, 5.41) is 13.7. The van der Waals surface area contributed by atoms with Crippen LogP contribution in [0.4, 0.5) is 4.79 Å². The molecule has 0 aliphatic heterocycles. The Kier molecular flexibility index (Phi) is 6.41. The van der Waals surface area contributed by atoms with E-state index in [2.05, 4.69) is 10.6 Å². The van der Waals surface area contributed by atoms with Crippen molar-refractivity contribution in [1.82, 2.24) is 10.6 Å². The molecular formula is C12H18N2O4S. The molecule has 19 heavy (non-hydrogen) atoms. The first-order valence-corrected chi connectivity index (χ1v) is 7.35. The summed E-state index contributed by atoms with van der Waals surface area (Å²) in [6.45, 7) is 0. The van der Waals surface area contributed by atoms with E-state index >= 15 is 0 Å². The second kappa shape index (κ2) is 7.83. The van der Waals surface area contributed by atoms with Gasteiger partial charge >= 0.3 is 12.0 Å². The van der Waals surface area contributed by atoms with Crippen molar-refractivity contribution in [1.29, 1.82) is 0 Å². The van der Waals surface area contributed by atoms with Crippen LogP contribution < -0.4 is 10.6 Å². The number of rotatable bonds is 4. The molecule has 0 heterocycles. The highest BCUT2D eigenvalue weighted by atomic mass is 32.2. The van der Waals surface area contributed by atoms with E-state index < -0.39 is 17.9 Å². The zero-order valence-corrected chi connectivity index (χ0v) is 11.5. The van der Waals surface area contributed by atoms with Gasteiger partial charge < -0.3 is 10.4 Å². The van der Waals surface area contributed by atoms with E-state index in [9.17, 15) is 14.4 Å². The molecule has 0 saturated heterocycles. The molecule has 1 saturated carbocycles. The van der Waals surface area contributed by atoms with Gasteiger partial charge in [0.15, 0.2) is 0 Å². The fourth-order valence-electron chi connectivity index (χ4n) is 2.01. The smallest absolute Gasteiger partial charge is 0.328 e. The van der Waals surface area contributed by atoms with Crippen LogP contribution in [0.5, 0.6) is 0 Å². The van der Waals surface area contributed by atoms with Gasteiger partial charge in [-0.25, -0.2) is 9.59 Å². The number of carbonyl (C=O) groups is 3. The van der Waals surface area contributed by atoms with Gasteiger partial charge in [-0.15, -0.1) is 0 Å². The van der Waals surface area contributed by atoms with Gasteiger partial charge in [0.25, 0.3) is 5.91 Å². The Balaban J connectivity index is 2.34. The third kappa shape index (κ3) is 6.28. The molecule has 0 radical (unpaired) electrons. The van der Waals surface area contributed by atoms with Crippen molar-refractivity contribution in [2.75, 3.05) is 6.26 Å². The lowest BCUT2D eigenvalue weighted by molar-refractivity contribution is -0.131. The van der Waals surface area contributed by atoms with Gasteiger partial charge in [-0.3, -0.25) is 10.1 Å². The van der Waals surface area contributed by atoms with Crippen LogP contribution >= 0.6 is 11.8 Å². The summed E-state index contributed by atoms with van der Waals surface area (Å²) < 4.78 is 0. The summed E-state index contributed by atoms with van der Waals surface area (Å²) in [4.78, 5) is 32.9. The van der Waals surface area contributed by atoms with E-state index in [1.807, 2.05) is 6.26 Å². The van der Waals surface area contributed by atoms with Gasteiger partial charge in [-0.2, -0.15) is 11.8 Å². The molecule has 7 heteroatoms. The van der Waals surface area contributed by atoms with Crippen molar-refractivity contribution in [3.05, 3.63) is 12.2 Å². The Bertz CT molecular complexity index is 384. The van der Waals surface area contributed by atoms with E-state index in [4.69, 9.17) is 5.11 Å². The number of aliphatic carboxylic acids is 1. The van der Waals surface area contributed by atoms with E-state index in [1.165, 1.54) is 0 Å². The van der Waals surface area contributed by atoms with Gasteiger partial charge in [0.1, 0.15) is 0 Å². The van der Waals surface area contributed by atoms with Crippen molar-refractivity contribution in [3.63, 3.8) is 0 Å². The van der Waals surface area contributed by atoms with E-state index in [-0.39, 0.29) is 6.04 Å². The molecule has 0 aromatic heterocycles. The van der Waals surface area contributed by atoms with Crippen LogP contribution in [0.25, 0.3) is 0 Å². The first-order valence-electron chi connectivity index (χ1n) is 6.06. The lowest BCUT2D eigenvalue weighted by Gasteiger charge is -2.28. The third-order valence-electron chi connectivity index (χ3n) is 2.91.